The number of piperidine rings is 1. The third-order valence-corrected chi connectivity index (χ3v) is 6.68. The summed E-state index contributed by atoms with van der Waals surface area (Å²) < 4.78 is 29.0. The number of sulfonamides is 1. The van der Waals surface area contributed by atoms with Gasteiger partial charge in [0.15, 0.2) is 10.2 Å². The van der Waals surface area contributed by atoms with Gasteiger partial charge in [0, 0.05) is 18.8 Å². The molecule has 4 rings (SSSR count). The molecule has 0 aromatic carbocycles. The van der Waals surface area contributed by atoms with Crippen molar-refractivity contribution in [3.05, 3.63) is 29.5 Å². The fraction of sp³-hybridized carbons (Fsp3) is 0.462. The zero-order valence-corrected chi connectivity index (χ0v) is 12.3. The summed E-state index contributed by atoms with van der Waals surface area (Å²) in [6.45, 7) is 0.614. The molecule has 2 unspecified atom stereocenters. The molecule has 106 valence electrons. The van der Waals surface area contributed by atoms with Gasteiger partial charge in [-0.25, -0.2) is 13.4 Å². The molecule has 7 heteroatoms. The molecular formula is C13H14ClN3O2S. The van der Waals surface area contributed by atoms with Gasteiger partial charge in [-0.1, -0.05) is 17.7 Å². The topological polar surface area (TPSA) is 54.7 Å². The van der Waals surface area contributed by atoms with E-state index in [1.54, 1.807) is 27.0 Å². The Kier molecular flexibility index (Phi) is 2.64. The minimum Gasteiger partial charge on any atom is -0.288 e. The quantitative estimate of drug-likeness (QED) is 0.854. The van der Waals surface area contributed by atoms with E-state index in [1.165, 1.54) is 0 Å². The number of aromatic nitrogens is 2. The van der Waals surface area contributed by atoms with Gasteiger partial charge in [-0.2, -0.15) is 4.31 Å². The normalized spacial score (nSPS) is 26.6. The molecule has 0 spiro atoms. The summed E-state index contributed by atoms with van der Waals surface area (Å²) in [6, 6.07) is 5.48. The number of nitrogens with zero attached hydrogens (tertiary/aromatic N) is 3. The zero-order valence-electron chi connectivity index (χ0n) is 10.7. The highest BCUT2D eigenvalue weighted by Crippen LogP contribution is 2.41. The molecule has 3 heterocycles. The molecular weight excluding hydrogens is 298 g/mol. The Morgan fingerprint density at radius 3 is 2.85 bits per heavy atom. The third kappa shape index (κ3) is 1.65. The van der Waals surface area contributed by atoms with E-state index in [0.29, 0.717) is 18.1 Å². The van der Waals surface area contributed by atoms with E-state index in [9.17, 15) is 8.42 Å². The van der Waals surface area contributed by atoms with Crippen molar-refractivity contribution in [3.8, 4) is 0 Å². The van der Waals surface area contributed by atoms with E-state index in [0.717, 1.165) is 19.3 Å². The average Bonchev–Trinajstić information content (AvgIpc) is 3.10. The lowest BCUT2D eigenvalue weighted by molar-refractivity contribution is 0.332. The Morgan fingerprint density at radius 2 is 2.15 bits per heavy atom. The number of rotatable bonds is 2. The van der Waals surface area contributed by atoms with Gasteiger partial charge in [0.1, 0.15) is 5.65 Å². The molecule has 2 fully saturated rings. The highest BCUT2D eigenvalue weighted by atomic mass is 35.5. The van der Waals surface area contributed by atoms with Crippen LogP contribution in [0, 0.1) is 5.92 Å². The maximum absolute atomic E-state index is 12.9. The van der Waals surface area contributed by atoms with E-state index in [-0.39, 0.29) is 16.2 Å². The molecule has 1 aliphatic heterocycles. The molecule has 5 nitrogen and oxygen atoms in total. The Bertz CT molecular complexity index is 786. The van der Waals surface area contributed by atoms with E-state index in [1.807, 2.05) is 6.07 Å². The van der Waals surface area contributed by atoms with Crippen molar-refractivity contribution in [2.45, 2.75) is 30.3 Å². The second-order valence-corrected chi connectivity index (χ2v) is 7.71. The van der Waals surface area contributed by atoms with Crippen molar-refractivity contribution >= 4 is 27.3 Å². The standard InChI is InChI=1S/C13H14ClN3O2S/c14-12-13(16-6-2-1-3-11(16)15-12)20(18,19)17-8-9-4-5-10(17)7-9/h1-3,6,9-10H,4-5,7-8H2. The fourth-order valence-electron chi connectivity index (χ4n) is 3.46. The highest BCUT2D eigenvalue weighted by molar-refractivity contribution is 7.89. The summed E-state index contributed by atoms with van der Waals surface area (Å²) in [6.07, 6.45) is 4.76. The van der Waals surface area contributed by atoms with Crippen LogP contribution in [0.3, 0.4) is 0 Å². The molecule has 2 atom stereocenters. The predicted molar refractivity (Wildman–Crippen MR) is 75.2 cm³/mol. The van der Waals surface area contributed by atoms with Gasteiger partial charge in [0.2, 0.25) is 0 Å². The smallest absolute Gasteiger partial charge is 0.262 e. The van der Waals surface area contributed by atoms with Gasteiger partial charge in [0.25, 0.3) is 10.0 Å². The molecule has 2 bridgehead atoms. The second-order valence-electron chi connectivity index (χ2n) is 5.54. The highest BCUT2D eigenvalue weighted by Gasteiger charge is 2.45. The SMILES string of the molecule is O=S(=O)(c1c(Cl)nc2ccccn12)N1CC2CCC1C2. The summed E-state index contributed by atoms with van der Waals surface area (Å²) in [5.74, 6) is 0.507. The van der Waals surface area contributed by atoms with Crippen molar-refractivity contribution in [3.63, 3.8) is 0 Å². The summed E-state index contributed by atoms with van der Waals surface area (Å²) in [5.41, 5.74) is 0.556. The molecule has 2 aromatic rings. The first-order chi connectivity index (χ1) is 9.57. The zero-order chi connectivity index (χ0) is 13.9. The van der Waals surface area contributed by atoms with Gasteiger partial charge in [-0.3, -0.25) is 4.40 Å². The fourth-order valence-corrected chi connectivity index (χ4v) is 5.81. The van der Waals surface area contributed by atoms with Gasteiger partial charge in [-0.15, -0.1) is 0 Å². The Labute approximate surface area is 122 Å². The van der Waals surface area contributed by atoms with Crippen molar-refractivity contribution < 1.29 is 8.42 Å². The van der Waals surface area contributed by atoms with Gasteiger partial charge < -0.3 is 0 Å². The maximum Gasteiger partial charge on any atom is 0.262 e. The van der Waals surface area contributed by atoms with Crippen LogP contribution in [-0.2, 0) is 10.0 Å². The summed E-state index contributed by atoms with van der Waals surface area (Å²) >= 11 is 6.09. The largest absolute Gasteiger partial charge is 0.288 e. The summed E-state index contributed by atoms with van der Waals surface area (Å²) in [4.78, 5) is 4.14. The van der Waals surface area contributed by atoms with Crippen LogP contribution in [0.25, 0.3) is 5.65 Å². The summed E-state index contributed by atoms with van der Waals surface area (Å²) in [5, 5.41) is 0.154. The molecule has 0 N–H and O–H groups in total. The van der Waals surface area contributed by atoms with E-state index < -0.39 is 10.0 Å². The number of imidazole rings is 1. The Hall–Kier alpha value is -1.11. The molecule has 1 aliphatic carbocycles. The lowest BCUT2D eigenvalue weighted by Gasteiger charge is -2.25. The lowest BCUT2D eigenvalue weighted by Crippen LogP contribution is -2.38. The summed E-state index contributed by atoms with van der Waals surface area (Å²) in [7, 11) is -3.58. The molecule has 2 aromatic heterocycles. The monoisotopic (exact) mass is 311 g/mol. The predicted octanol–water partition coefficient (Wildman–Crippen LogP) is 2.16. The van der Waals surface area contributed by atoms with E-state index in [4.69, 9.17) is 11.6 Å². The van der Waals surface area contributed by atoms with Gasteiger partial charge in [-0.05, 0) is 37.3 Å². The number of halogens is 1. The first-order valence-corrected chi connectivity index (χ1v) is 8.53. The first kappa shape index (κ1) is 12.6. The van der Waals surface area contributed by atoms with Crippen molar-refractivity contribution in [1.29, 1.82) is 0 Å². The Morgan fingerprint density at radius 1 is 1.30 bits per heavy atom. The molecule has 1 saturated heterocycles. The maximum atomic E-state index is 12.9. The van der Waals surface area contributed by atoms with Crippen LogP contribution < -0.4 is 0 Å². The lowest BCUT2D eigenvalue weighted by atomic mass is 10.1. The van der Waals surface area contributed by atoms with Crippen LogP contribution >= 0.6 is 11.6 Å². The number of hydrogen-bond acceptors (Lipinski definition) is 3. The van der Waals surface area contributed by atoms with Crippen LogP contribution in [0.2, 0.25) is 5.15 Å². The van der Waals surface area contributed by atoms with Crippen LogP contribution in [0.4, 0.5) is 0 Å². The molecule has 1 saturated carbocycles. The van der Waals surface area contributed by atoms with Crippen molar-refractivity contribution in [2.75, 3.05) is 6.54 Å². The first-order valence-electron chi connectivity index (χ1n) is 6.72. The van der Waals surface area contributed by atoms with E-state index in [2.05, 4.69) is 4.98 Å². The van der Waals surface area contributed by atoms with E-state index >= 15 is 0 Å². The van der Waals surface area contributed by atoms with Crippen LogP contribution in [0.15, 0.2) is 29.4 Å². The van der Waals surface area contributed by atoms with Gasteiger partial charge in [0.05, 0.1) is 0 Å². The van der Waals surface area contributed by atoms with Crippen LogP contribution in [0.5, 0.6) is 0 Å². The molecule has 20 heavy (non-hydrogen) atoms. The van der Waals surface area contributed by atoms with Crippen molar-refractivity contribution in [1.82, 2.24) is 13.7 Å². The number of fused-ring (bicyclic) bond motifs is 3. The second kappa shape index (κ2) is 4.19. The third-order valence-electron chi connectivity index (χ3n) is 4.36. The minimum atomic E-state index is -3.58. The minimum absolute atomic E-state index is 0.0546. The number of pyridine rings is 1. The van der Waals surface area contributed by atoms with Gasteiger partial charge >= 0.3 is 0 Å². The average molecular weight is 312 g/mol. The molecule has 0 radical (unpaired) electrons. The van der Waals surface area contributed by atoms with Crippen LogP contribution in [0.1, 0.15) is 19.3 Å². The van der Waals surface area contributed by atoms with Crippen molar-refractivity contribution in [2.24, 2.45) is 5.92 Å². The molecule has 2 aliphatic rings. The number of hydrogen-bond donors (Lipinski definition) is 0. The Balaban J connectivity index is 1.88. The van der Waals surface area contributed by atoms with Crippen LogP contribution in [-0.4, -0.2) is 34.7 Å². The molecule has 0 amide bonds.